The Morgan fingerprint density at radius 3 is 1.62 bits per heavy atom. The Labute approximate surface area is 154 Å². The maximum atomic E-state index is 4.80. The summed E-state index contributed by atoms with van der Waals surface area (Å²) in [6.07, 6.45) is 0.985. The molecule has 0 aromatic heterocycles. The molecule has 0 radical (unpaired) electrons. The zero-order valence-electron chi connectivity index (χ0n) is 14.7. The van der Waals surface area contributed by atoms with Crippen molar-refractivity contribution in [3.8, 4) is 0 Å². The predicted octanol–water partition coefficient (Wildman–Crippen LogP) is 4.61. The van der Waals surface area contributed by atoms with Crippen molar-refractivity contribution in [3.05, 3.63) is 108 Å². The van der Waals surface area contributed by atoms with Crippen LogP contribution in [0.25, 0.3) is 0 Å². The summed E-state index contributed by atoms with van der Waals surface area (Å²) in [7, 11) is 0. The molecule has 1 aliphatic heterocycles. The van der Waals surface area contributed by atoms with Gasteiger partial charge in [-0.2, -0.15) is 0 Å². The highest BCUT2D eigenvalue weighted by atomic mass is 15.2. The minimum absolute atomic E-state index is 0.247. The fraction of sp³-hybridized carbons (Fsp3) is 0.174. The second kappa shape index (κ2) is 7.87. The zero-order valence-corrected chi connectivity index (χ0v) is 14.7. The third-order valence-electron chi connectivity index (χ3n) is 4.76. The Morgan fingerprint density at radius 2 is 1.12 bits per heavy atom. The van der Waals surface area contributed by atoms with Gasteiger partial charge in [-0.15, -0.1) is 0 Å². The van der Waals surface area contributed by atoms with E-state index < -0.39 is 0 Å². The standard InChI is InChI=1S/C23H23N3/c1-4-10-18(11-5-1)17-24-23-25-21(19-12-6-2-7-13-19)16-22(26-23)20-14-8-3-9-15-20/h1-15,21-22H,16-17H2,(H2,24,25,26). The highest BCUT2D eigenvalue weighted by Gasteiger charge is 2.26. The molecule has 0 saturated carbocycles. The van der Waals surface area contributed by atoms with Gasteiger partial charge in [0, 0.05) is 0 Å². The van der Waals surface area contributed by atoms with Crippen molar-refractivity contribution < 1.29 is 0 Å². The summed E-state index contributed by atoms with van der Waals surface area (Å²) in [5.74, 6) is 0.864. The lowest BCUT2D eigenvalue weighted by Crippen LogP contribution is -2.47. The largest absolute Gasteiger partial charge is 0.349 e. The van der Waals surface area contributed by atoms with Gasteiger partial charge in [0.1, 0.15) is 0 Å². The molecule has 0 spiro atoms. The number of aliphatic imine (C=N–C) groups is 1. The van der Waals surface area contributed by atoms with Crippen LogP contribution in [0.15, 0.2) is 96.0 Å². The van der Waals surface area contributed by atoms with Crippen LogP contribution in [0.4, 0.5) is 0 Å². The molecule has 2 atom stereocenters. The van der Waals surface area contributed by atoms with E-state index in [1.54, 1.807) is 0 Å². The molecule has 2 unspecified atom stereocenters. The molecule has 0 bridgehead atoms. The molecule has 130 valence electrons. The Bertz CT molecular complexity index is 795. The van der Waals surface area contributed by atoms with Gasteiger partial charge in [0.15, 0.2) is 5.96 Å². The van der Waals surface area contributed by atoms with Crippen LogP contribution in [0.2, 0.25) is 0 Å². The molecule has 1 fully saturated rings. The van der Waals surface area contributed by atoms with Gasteiger partial charge in [0.25, 0.3) is 0 Å². The van der Waals surface area contributed by atoms with E-state index in [1.165, 1.54) is 16.7 Å². The lowest BCUT2D eigenvalue weighted by molar-refractivity contribution is 0.436. The third-order valence-corrected chi connectivity index (χ3v) is 4.76. The van der Waals surface area contributed by atoms with Crippen molar-refractivity contribution in [1.82, 2.24) is 10.6 Å². The van der Waals surface area contributed by atoms with Crippen LogP contribution in [0.3, 0.4) is 0 Å². The number of hydrogen-bond donors (Lipinski definition) is 2. The lowest BCUT2D eigenvalue weighted by atomic mass is 9.93. The average Bonchev–Trinajstić information content (AvgIpc) is 2.74. The molecule has 3 aromatic carbocycles. The van der Waals surface area contributed by atoms with Crippen LogP contribution in [-0.4, -0.2) is 5.96 Å². The van der Waals surface area contributed by atoms with E-state index in [-0.39, 0.29) is 12.1 Å². The van der Waals surface area contributed by atoms with E-state index >= 15 is 0 Å². The summed E-state index contributed by atoms with van der Waals surface area (Å²) in [6.45, 7) is 0.666. The number of rotatable bonds is 4. The summed E-state index contributed by atoms with van der Waals surface area (Å²) < 4.78 is 0. The van der Waals surface area contributed by atoms with Gasteiger partial charge >= 0.3 is 0 Å². The van der Waals surface area contributed by atoms with Crippen LogP contribution in [0.1, 0.15) is 35.2 Å². The van der Waals surface area contributed by atoms with Gasteiger partial charge in [-0.3, -0.25) is 0 Å². The molecule has 3 aromatic rings. The summed E-state index contributed by atoms with van der Waals surface area (Å²) in [5.41, 5.74) is 3.80. The molecule has 1 heterocycles. The van der Waals surface area contributed by atoms with E-state index in [2.05, 4.69) is 95.6 Å². The Morgan fingerprint density at radius 1 is 0.654 bits per heavy atom. The maximum absolute atomic E-state index is 4.80. The Kier molecular flexibility index (Phi) is 4.97. The first-order chi connectivity index (χ1) is 12.9. The van der Waals surface area contributed by atoms with E-state index in [4.69, 9.17) is 4.99 Å². The summed E-state index contributed by atoms with van der Waals surface area (Å²) in [6, 6.07) is 32.1. The van der Waals surface area contributed by atoms with E-state index in [9.17, 15) is 0 Å². The second-order valence-corrected chi connectivity index (χ2v) is 6.60. The topological polar surface area (TPSA) is 36.4 Å². The monoisotopic (exact) mass is 341 g/mol. The van der Waals surface area contributed by atoms with Crippen LogP contribution in [-0.2, 0) is 6.54 Å². The number of hydrogen-bond acceptors (Lipinski definition) is 1. The molecule has 0 amide bonds. The Balaban J connectivity index is 1.59. The highest BCUT2D eigenvalue weighted by Crippen LogP contribution is 2.29. The summed E-state index contributed by atoms with van der Waals surface area (Å²) in [5, 5.41) is 7.16. The maximum Gasteiger partial charge on any atom is 0.192 e. The molecular weight excluding hydrogens is 318 g/mol. The van der Waals surface area contributed by atoms with Crippen molar-refractivity contribution >= 4 is 5.96 Å². The average molecular weight is 341 g/mol. The van der Waals surface area contributed by atoms with Crippen molar-refractivity contribution in [2.24, 2.45) is 4.99 Å². The number of nitrogens with zero attached hydrogens (tertiary/aromatic N) is 1. The SMILES string of the molecule is c1ccc(CN=C2NC(c3ccccc3)CC(c3ccccc3)N2)cc1. The Hall–Kier alpha value is -3.07. The van der Waals surface area contributed by atoms with Gasteiger partial charge in [-0.25, -0.2) is 4.99 Å². The van der Waals surface area contributed by atoms with E-state index in [0.717, 1.165) is 12.4 Å². The molecule has 3 nitrogen and oxygen atoms in total. The fourth-order valence-electron chi connectivity index (χ4n) is 3.38. The minimum Gasteiger partial charge on any atom is -0.349 e. The summed E-state index contributed by atoms with van der Waals surface area (Å²) in [4.78, 5) is 4.80. The molecule has 1 aliphatic rings. The van der Waals surface area contributed by atoms with Crippen LogP contribution in [0, 0.1) is 0 Å². The zero-order chi connectivity index (χ0) is 17.6. The lowest BCUT2D eigenvalue weighted by Gasteiger charge is -2.34. The normalized spacial score (nSPS) is 19.3. The minimum atomic E-state index is 0.247. The molecule has 3 heteroatoms. The molecule has 0 aliphatic carbocycles. The first-order valence-corrected chi connectivity index (χ1v) is 9.10. The molecule has 1 saturated heterocycles. The second-order valence-electron chi connectivity index (χ2n) is 6.60. The first-order valence-electron chi connectivity index (χ1n) is 9.10. The van der Waals surface area contributed by atoms with Crippen molar-refractivity contribution in [1.29, 1.82) is 0 Å². The van der Waals surface area contributed by atoms with Gasteiger partial charge in [0.2, 0.25) is 0 Å². The molecule has 26 heavy (non-hydrogen) atoms. The molecule has 2 N–H and O–H groups in total. The highest BCUT2D eigenvalue weighted by molar-refractivity contribution is 5.81. The van der Waals surface area contributed by atoms with Gasteiger partial charge in [-0.05, 0) is 23.1 Å². The van der Waals surface area contributed by atoms with Gasteiger partial charge < -0.3 is 10.6 Å². The number of guanidine groups is 1. The fourth-order valence-corrected chi connectivity index (χ4v) is 3.38. The molecular formula is C23H23N3. The molecule has 4 rings (SSSR count). The summed E-state index contributed by atoms with van der Waals surface area (Å²) >= 11 is 0. The van der Waals surface area contributed by atoms with Crippen molar-refractivity contribution in [2.45, 2.75) is 25.0 Å². The van der Waals surface area contributed by atoms with Crippen LogP contribution >= 0.6 is 0 Å². The predicted molar refractivity (Wildman–Crippen MR) is 107 cm³/mol. The van der Waals surface area contributed by atoms with E-state index in [1.807, 2.05) is 6.07 Å². The quantitative estimate of drug-likeness (QED) is 0.727. The van der Waals surface area contributed by atoms with E-state index in [0.29, 0.717) is 6.54 Å². The number of nitrogens with one attached hydrogen (secondary N) is 2. The van der Waals surface area contributed by atoms with Gasteiger partial charge in [0.05, 0.1) is 18.6 Å². The first kappa shape index (κ1) is 16.4. The van der Waals surface area contributed by atoms with Gasteiger partial charge in [-0.1, -0.05) is 91.0 Å². The van der Waals surface area contributed by atoms with Crippen LogP contribution < -0.4 is 10.6 Å². The van der Waals surface area contributed by atoms with Crippen molar-refractivity contribution in [3.63, 3.8) is 0 Å². The third kappa shape index (κ3) is 3.94. The smallest absolute Gasteiger partial charge is 0.192 e. The van der Waals surface area contributed by atoms with Crippen LogP contribution in [0.5, 0.6) is 0 Å². The van der Waals surface area contributed by atoms with Crippen molar-refractivity contribution in [2.75, 3.05) is 0 Å². The number of benzene rings is 3.